The molecule has 1 unspecified atom stereocenters. The number of oxazole rings is 1. The topological polar surface area (TPSA) is 61.3 Å². The van der Waals surface area contributed by atoms with Gasteiger partial charge in [-0.05, 0) is 37.5 Å². The standard InChI is InChI=1S/C15H20N2O2/c1-10(16)5-6-15(8-18-9-15)12-3-4-13-14(7-12)19-11(2)17-13/h3-4,7,10H,5-6,8-9,16H2,1-2H3. The number of hydrogen-bond acceptors (Lipinski definition) is 4. The van der Waals surface area contributed by atoms with Gasteiger partial charge in [0.1, 0.15) is 5.52 Å². The first-order valence-electron chi connectivity index (χ1n) is 6.80. The van der Waals surface area contributed by atoms with E-state index in [-0.39, 0.29) is 11.5 Å². The van der Waals surface area contributed by atoms with Gasteiger partial charge in [0.25, 0.3) is 0 Å². The predicted octanol–water partition coefficient (Wildman–Crippen LogP) is 2.53. The fraction of sp³-hybridized carbons (Fsp3) is 0.533. The summed E-state index contributed by atoms with van der Waals surface area (Å²) in [4.78, 5) is 4.34. The summed E-state index contributed by atoms with van der Waals surface area (Å²) >= 11 is 0. The molecule has 0 radical (unpaired) electrons. The number of rotatable bonds is 4. The van der Waals surface area contributed by atoms with Crippen LogP contribution in [0.25, 0.3) is 11.1 Å². The van der Waals surface area contributed by atoms with Gasteiger partial charge in [-0.15, -0.1) is 0 Å². The highest BCUT2D eigenvalue weighted by Crippen LogP contribution is 2.38. The largest absolute Gasteiger partial charge is 0.441 e. The molecule has 0 amide bonds. The van der Waals surface area contributed by atoms with Crippen molar-refractivity contribution in [1.82, 2.24) is 4.98 Å². The molecule has 0 bridgehead atoms. The van der Waals surface area contributed by atoms with Gasteiger partial charge in [-0.3, -0.25) is 0 Å². The van der Waals surface area contributed by atoms with Gasteiger partial charge in [0, 0.05) is 18.4 Å². The Morgan fingerprint density at radius 3 is 2.84 bits per heavy atom. The zero-order valence-corrected chi connectivity index (χ0v) is 11.5. The second kappa shape index (κ2) is 4.62. The summed E-state index contributed by atoms with van der Waals surface area (Å²) in [5.41, 5.74) is 9.06. The van der Waals surface area contributed by atoms with Crippen LogP contribution in [0.2, 0.25) is 0 Å². The zero-order chi connectivity index (χ0) is 13.5. The molecule has 1 fully saturated rings. The van der Waals surface area contributed by atoms with Gasteiger partial charge in [-0.2, -0.15) is 0 Å². The zero-order valence-electron chi connectivity index (χ0n) is 11.5. The first kappa shape index (κ1) is 12.6. The van der Waals surface area contributed by atoms with Crippen LogP contribution in [-0.2, 0) is 10.2 Å². The van der Waals surface area contributed by atoms with Crippen LogP contribution in [0.1, 0.15) is 31.2 Å². The maximum Gasteiger partial charge on any atom is 0.192 e. The van der Waals surface area contributed by atoms with E-state index in [0.29, 0.717) is 5.89 Å². The van der Waals surface area contributed by atoms with Crippen molar-refractivity contribution in [2.45, 2.75) is 38.1 Å². The maximum atomic E-state index is 5.88. The molecule has 1 aromatic heterocycles. The molecule has 2 aromatic rings. The summed E-state index contributed by atoms with van der Waals surface area (Å²) in [6.07, 6.45) is 2.07. The van der Waals surface area contributed by atoms with E-state index in [2.05, 4.69) is 24.0 Å². The number of ether oxygens (including phenoxy) is 1. The molecule has 102 valence electrons. The molecule has 2 N–H and O–H groups in total. The number of hydrogen-bond donors (Lipinski definition) is 1. The van der Waals surface area contributed by atoms with Crippen molar-refractivity contribution >= 4 is 11.1 Å². The van der Waals surface area contributed by atoms with E-state index in [1.807, 2.05) is 13.0 Å². The van der Waals surface area contributed by atoms with Crippen molar-refractivity contribution in [3.8, 4) is 0 Å². The number of nitrogens with two attached hydrogens (primary N) is 1. The first-order chi connectivity index (χ1) is 9.09. The second-order valence-electron chi connectivity index (χ2n) is 5.70. The Balaban J connectivity index is 1.92. The Bertz CT molecular complexity index is 585. The molecule has 1 saturated heterocycles. The summed E-state index contributed by atoms with van der Waals surface area (Å²) < 4.78 is 11.1. The molecule has 0 saturated carbocycles. The Labute approximate surface area is 112 Å². The monoisotopic (exact) mass is 260 g/mol. The van der Waals surface area contributed by atoms with Crippen LogP contribution >= 0.6 is 0 Å². The van der Waals surface area contributed by atoms with Gasteiger partial charge in [-0.25, -0.2) is 4.98 Å². The van der Waals surface area contributed by atoms with E-state index in [0.717, 1.165) is 37.2 Å². The summed E-state index contributed by atoms with van der Waals surface area (Å²) in [5.74, 6) is 0.710. The third-order valence-corrected chi connectivity index (χ3v) is 3.94. The molecule has 2 heterocycles. The molecule has 19 heavy (non-hydrogen) atoms. The minimum Gasteiger partial charge on any atom is -0.441 e. The van der Waals surface area contributed by atoms with E-state index >= 15 is 0 Å². The van der Waals surface area contributed by atoms with Crippen LogP contribution in [0.3, 0.4) is 0 Å². The van der Waals surface area contributed by atoms with Crippen molar-refractivity contribution in [2.75, 3.05) is 13.2 Å². The summed E-state index contributed by atoms with van der Waals surface area (Å²) in [6, 6.07) is 6.52. The Morgan fingerprint density at radius 1 is 1.42 bits per heavy atom. The van der Waals surface area contributed by atoms with E-state index in [4.69, 9.17) is 14.9 Å². The Kier molecular flexibility index (Phi) is 3.07. The quantitative estimate of drug-likeness (QED) is 0.917. The van der Waals surface area contributed by atoms with Gasteiger partial charge in [0.15, 0.2) is 11.5 Å². The third-order valence-electron chi connectivity index (χ3n) is 3.94. The van der Waals surface area contributed by atoms with E-state index < -0.39 is 0 Å². The minimum atomic E-state index is 0.114. The number of aryl methyl sites for hydroxylation is 1. The van der Waals surface area contributed by atoms with Gasteiger partial charge in [0.2, 0.25) is 0 Å². The molecule has 0 aliphatic carbocycles. The lowest BCUT2D eigenvalue weighted by Crippen LogP contribution is -2.47. The second-order valence-corrected chi connectivity index (χ2v) is 5.70. The van der Waals surface area contributed by atoms with Crippen LogP contribution in [-0.4, -0.2) is 24.2 Å². The lowest BCUT2D eigenvalue weighted by atomic mass is 9.74. The first-order valence-corrected chi connectivity index (χ1v) is 6.80. The molecular formula is C15H20N2O2. The molecule has 4 nitrogen and oxygen atoms in total. The summed E-state index contributed by atoms with van der Waals surface area (Å²) in [7, 11) is 0. The Morgan fingerprint density at radius 2 is 2.21 bits per heavy atom. The van der Waals surface area contributed by atoms with Crippen molar-refractivity contribution in [1.29, 1.82) is 0 Å². The van der Waals surface area contributed by atoms with Crippen LogP contribution in [0.15, 0.2) is 22.6 Å². The van der Waals surface area contributed by atoms with Crippen molar-refractivity contribution in [2.24, 2.45) is 5.73 Å². The summed E-state index contributed by atoms with van der Waals surface area (Å²) in [5, 5.41) is 0. The van der Waals surface area contributed by atoms with Gasteiger partial charge in [0.05, 0.1) is 13.2 Å². The normalized spacial score (nSPS) is 19.3. The van der Waals surface area contributed by atoms with Gasteiger partial charge >= 0.3 is 0 Å². The maximum absolute atomic E-state index is 5.88. The Hall–Kier alpha value is -1.39. The number of aromatic nitrogens is 1. The predicted molar refractivity (Wildman–Crippen MR) is 74.1 cm³/mol. The SMILES string of the molecule is Cc1nc2ccc(C3(CCC(C)N)COC3)cc2o1. The fourth-order valence-electron chi connectivity index (χ4n) is 2.68. The van der Waals surface area contributed by atoms with E-state index in [1.54, 1.807) is 0 Å². The smallest absolute Gasteiger partial charge is 0.192 e. The number of benzene rings is 1. The van der Waals surface area contributed by atoms with Crippen LogP contribution in [0.5, 0.6) is 0 Å². The highest BCUT2D eigenvalue weighted by molar-refractivity contribution is 5.73. The van der Waals surface area contributed by atoms with Crippen molar-refractivity contribution in [3.05, 3.63) is 29.7 Å². The molecular weight excluding hydrogens is 240 g/mol. The number of fused-ring (bicyclic) bond motifs is 1. The van der Waals surface area contributed by atoms with Crippen LogP contribution in [0, 0.1) is 6.92 Å². The highest BCUT2D eigenvalue weighted by atomic mass is 16.5. The molecule has 1 atom stereocenters. The average Bonchev–Trinajstić information content (AvgIpc) is 2.66. The van der Waals surface area contributed by atoms with Crippen LogP contribution < -0.4 is 5.73 Å². The molecule has 1 aromatic carbocycles. The molecule has 1 aliphatic rings. The summed E-state index contributed by atoms with van der Waals surface area (Å²) in [6.45, 7) is 5.48. The van der Waals surface area contributed by atoms with E-state index in [1.165, 1.54) is 5.56 Å². The molecule has 1 aliphatic heterocycles. The lowest BCUT2D eigenvalue weighted by molar-refractivity contribution is -0.0656. The molecule has 4 heteroatoms. The van der Waals surface area contributed by atoms with Gasteiger partial charge in [-0.1, -0.05) is 6.07 Å². The molecule has 3 rings (SSSR count). The lowest BCUT2D eigenvalue weighted by Gasteiger charge is -2.42. The third kappa shape index (κ3) is 2.26. The van der Waals surface area contributed by atoms with Crippen molar-refractivity contribution in [3.63, 3.8) is 0 Å². The van der Waals surface area contributed by atoms with Crippen LogP contribution in [0.4, 0.5) is 0 Å². The average molecular weight is 260 g/mol. The van der Waals surface area contributed by atoms with Crippen molar-refractivity contribution < 1.29 is 9.15 Å². The highest BCUT2D eigenvalue weighted by Gasteiger charge is 2.40. The fourth-order valence-corrected chi connectivity index (χ4v) is 2.68. The minimum absolute atomic E-state index is 0.114. The molecule has 0 spiro atoms. The van der Waals surface area contributed by atoms with E-state index in [9.17, 15) is 0 Å². The number of nitrogens with zero attached hydrogens (tertiary/aromatic N) is 1. The van der Waals surface area contributed by atoms with Gasteiger partial charge < -0.3 is 14.9 Å².